The minimum absolute atomic E-state index is 0.0293. The zero-order chi connectivity index (χ0) is 32.4. The van der Waals surface area contributed by atoms with Gasteiger partial charge in [0.05, 0.1) is 19.4 Å². The number of alkyl carbamates (subject to hydrolysis) is 1. The molecule has 1 fully saturated rings. The molecule has 242 valence electrons. The number of aromatic nitrogens is 2. The largest absolute Gasteiger partial charge is 0.489 e. The molecule has 0 spiro atoms. The number of H-pyrrole nitrogens is 1. The van der Waals surface area contributed by atoms with Gasteiger partial charge >= 0.3 is 6.09 Å². The maximum atomic E-state index is 14.1. The van der Waals surface area contributed by atoms with Crippen molar-refractivity contribution in [1.82, 2.24) is 20.8 Å². The van der Waals surface area contributed by atoms with Crippen molar-refractivity contribution in [2.75, 3.05) is 32.1 Å². The third kappa shape index (κ3) is 7.97. The van der Waals surface area contributed by atoms with Crippen LogP contribution in [0.25, 0.3) is 10.9 Å². The highest BCUT2D eigenvalue weighted by molar-refractivity contribution is 5.98. The minimum atomic E-state index is -0.945. The van der Waals surface area contributed by atoms with Crippen molar-refractivity contribution < 1.29 is 23.8 Å². The van der Waals surface area contributed by atoms with Gasteiger partial charge in [0.1, 0.15) is 30.0 Å². The number of nitrogens with zero attached hydrogens (tertiary/aromatic N) is 1. The van der Waals surface area contributed by atoms with Gasteiger partial charge in [-0.05, 0) is 41.7 Å². The SMILES string of the molecule is COC(=O)NC(C(=O)Nc1ccccc1CC[C@@H]1CNC[C@@H](COc2cccc3cn[nH]c23)O1)C(c1ccccc1)c1ccccc1. The quantitative estimate of drug-likeness (QED) is 0.144. The van der Waals surface area contributed by atoms with Crippen molar-refractivity contribution >= 4 is 28.6 Å². The average Bonchev–Trinajstić information content (AvgIpc) is 3.61. The molecule has 0 bridgehead atoms. The summed E-state index contributed by atoms with van der Waals surface area (Å²) in [5, 5.41) is 17.5. The molecule has 1 aliphatic rings. The summed E-state index contributed by atoms with van der Waals surface area (Å²) in [6, 6.07) is 32.0. The van der Waals surface area contributed by atoms with Crippen LogP contribution >= 0.6 is 0 Å². The van der Waals surface area contributed by atoms with Crippen LogP contribution in [0.2, 0.25) is 0 Å². The maximum Gasteiger partial charge on any atom is 0.407 e. The van der Waals surface area contributed by atoms with E-state index in [4.69, 9.17) is 14.2 Å². The number of methoxy groups -OCH3 is 1. The molecule has 5 aromatic rings. The van der Waals surface area contributed by atoms with E-state index in [1.807, 2.05) is 103 Å². The van der Waals surface area contributed by atoms with E-state index in [-0.39, 0.29) is 18.1 Å². The summed E-state index contributed by atoms with van der Waals surface area (Å²) in [7, 11) is 1.29. The highest BCUT2D eigenvalue weighted by Crippen LogP contribution is 2.30. The fraction of sp³-hybridized carbons (Fsp3) is 0.270. The molecule has 0 aliphatic carbocycles. The predicted molar refractivity (Wildman–Crippen MR) is 181 cm³/mol. The minimum Gasteiger partial charge on any atom is -0.489 e. The standard InChI is InChI=1S/C37H39N5O5/c1-45-37(44)41-35(33(26-12-4-2-5-13-26)27-14-6-3-7-15-27)36(43)40-31-17-9-8-11-25(31)19-20-29-22-38-23-30(47-29)24-46-32-18-10-16-28-21-39-42-34(28)32/h2-18,21,29-30,33,35,38H,19-20,22-24H2,1H3,(H,39,42)(H,40,43)(H,41,44)/t29-,30+,35?/m1/s1. The van der Waals surface area contributed by atoms with E-state index >= 15 is 0 Å². The van der Waals surface area contributed by atoms with Crippen LogP contribution in [0.3, 0.4) is 0 Å². The molecule has 10 heteroatoms. The number of benzene rings is 4. The molecule has 4 aromatic carbocycles. The van der Waals surface area contributed by atoms with Gasteiger partial charge in [-0.25, -0.2) is 4.79 Å². The monoisotopic (exact) mass is 633 g/mol. The van der Waals surface area contributed by atoms with Gasteiger partial charge in [-0.2, -0.15) is 5.10 Å². The molecule has 6 rings (SSSR count). The van der Waals surface area contributed by atoms with Crippen LogP contribution in [0.1, 0.15) is 29.0 Å². The lowest BCUT2D eigenvalue weighted by Gasteiger charge is -2.31. The summed E-state index contributed by atoms with van der Waals surface area (Å²) in [6.07, 6.45) is 2.38. The van der Waals surface area contributed by atoms with E-state index in [0.29, 0.717) is 25.3 Å². The summed E-state index contributed by atoms with van der Waals surface area (Å²) in [4.78, 5) is 26.6. The van der Waals surface area contributed by atoms with Crippen LogP contribution in [-0.4, -0.2) is 67.3 Å². The highest BCUT2D eigenvalue weighted by Gasteiger charge is 2.33. The number of aromatic amines is 1. The Bertz CT molecular complexity index is 1720. The Morgan fingerprint density at radius 3 is 2.34 bits per heavy atom. The van der Waals surface area contributed by atoms with Gasteiger partial charge in [-0.3, -0.25) is 9.89 Å². The average molecular weight is 634 g/mol. The summed E-state index contributed by atoms with van der Waals surface area (Å²) >= 11 is 0. The van der Waals surface area contributed by atoms with Crippen molar-refractivity contribution in [3.63, 3.8) is 0 Å². The summed E-state index contributed by atoms with van der Waals surface area (Å²) < 4.78 is 17.5. The molecule has 1 saturated heterocycles. The first-order valence-electron chi connectivity index (χ1n) is 15.8. The van der Waals surface area contributed by atoms with Gasteiger partial charge in [0.25, 0.3) is 0 Å². The molecule has 1 unspecified atom stereocenters. The Hall–Kier alpha value is -5.19. The number of aryl methyl sites for hydroxylation is 1. The first-order chi connectivity index (χ1) is 23.1. The molecule has 4 N–H and O–H groups in total. The number of carbonyl (C=O) groups excluding carboxylic acids is 2. The Balaban J connectivity index is 1.13. The van der Waals surface area contributed by atoms with E-state index in [1.165, 1.54) is 7.11 Å². The van der Waals surface area contributed by atoms with E-state index in [9.17, 15) is 9.59 Å². The van der Waals surface area contributed by atoms with Crippen LogP contribution in [0.15, 0.2) is 109 Å². The Labute approximate surface area is 273 Å². The molecule has 2 amide bonds. The van der Waals surface area contributed by atoms with Crippen molar-refractivity contribution in [2.45, 2.75) is 37.0 Å². The lowest BCUT2D eigenvalue weighted by atomic mass is 9.84. The number of carbonyl (C=O) groups is 2. The van der Waals surface area contributed by atoms with Crippen LogP contribution in [0, 0.1) is 0 Å². The highest BCUT2D eigenvalue weighted by atomic mass is 16.5. The fourth-order valence-electron chi connectivity index (χ4n) is 6.06. The third-order valence-corrected chi connectivity index (χ3v) is 8.39. The summed E-state index contributed by atoms with van der Waals surface area (Å²) in [6.45, 7) is 1.83. The Kier molecular flexibility index (Phi) is 10.4. The second-order valence-electron chi connectivity index (χ2n) is 11.5. The number of hydrogen-bond acceptors (Lipinski definition) is 7. The van der Waals surface area contributed by atoms with E-state index in [2.05, 4.69) is 26.1 Å². The van der Waals surface area contributed by atoms with Crippen LogP contribution in [0.5, 0.6) is 5.75 Å². The first kappa shape index (κ1) is 31.8. The van der Waals surface area contributed by atoms with E-state index in [1.54, 1.807) is 6.20 Å². The fourth-order valence-corrected chi connectivity index (χ4v) is 6.06. The van der Waals surface area contributed by atoms with Gasteiger partial charge in [0.2, 0.25) is 5.91 Å². The molecule has 0 saturated carbocycles. The van der Waals surface area contributed by atoms with Crippen molar-refractivity contribution in [3.8, 4) is 5.75 Å². The first-order valence-corrected chi connectivity index (χ1v) is 15.8. The smallest absolute Gasteiger partial charge is 0.407 e. The number of amides is 2. The van der Waals surface area contributed by atoms with Crippen molar-refractivity contribution in [3.05, 3.63) is 126 Å². The second kappa shape index (κ2) is 15.4. The second-order valence-corrected chi connectivity index (χ2v) is 11.5. The van der Waals surface area contributed by atoms with Gasteiger partial charge in [-0.1, -0.05) is 91.0 Å². The van der Waals surface area contributed by atoms with Crippen molar-refractivity contribution in [2.24, 2.45) is 0 Å². The van der Waals surface area contributed by atoms with E-state index in [0.717, 1.165) is 46.3 Å². The molecule has 1 aromatic heterocycles. The van der Waals surface area contributed by atoms with E-state index < -0.39 is 18.1 Å². The summed E-state index contributed by atoms with van der Waals surface area (Å²) in [5.41, 5.74) is 4.32. The number of rotatable bonds is 12. The zero-order valence-electron chi connectivity index (χ0n) is 26.2. The lowest BCUT2D eigenvalue weighted by molar-refractivity contribution is -0.118. The molecule has 1 aliphatic heterocycles. The van der Waals surface area contributed by atoms with Gasteiger partial charge in [-0.15, -0.1) is 0 Å². The lowest BCUT2D eigenvalue weighted by Crippen LogP contribution is -2.48. The Morgan fingerprint density at radius 2 is 1.60 bits per heavy atom. The molecule has 0 radical (unpaired) electrons. The normalized spacial score (nSPS) is 16.8. The van der Waals surface area contributed by atoms with Crippen LogP contribution in [0.4, 0.5) is 10.5 Å². The van der Waals surface area contributed by atoms with Crippen LogP contribution < -0.4 is 20.7 Å². The zero-order valence-corrected chi connectivity index (χ0v) is 26.2. The van der Waals surface area contributed by atoms with Gasteiger partial charge in [0, 0.05) is 30.1 Å². The summed E-state index contributed by atoms with van der Waals surface area (Å²) in [5.74, 6) is -0.0532. The van der Waals surface area contributed by atoms with Gasteiger partial charge in [0.15, 0.2) is 0 Å². The van der Waals surface area contributed by atoms with Crippen molar-refractivity contribution in [1.29, 1.82) is 0 Å². The number of para-hydroxylation sites is 2. The molecular weight excluding hydrogens is 594 g/mol. The molecule has 47 heavy (non-hydrogen) atoms. The molecular formula is C37H39N5O5. The molecule has 10 nitrogen and oxygen atoms in total. The van der Waals surface area contributed by atoms with Crippen LogP contribution in [-0.2, 0) is 20.7 Å². The molecule has 2 heterocycles. The van der Waals surface area contributed by atoms with Gasteiger partial charge < -0.3 is 30.2 Å². The molecule has 3 atom stereocenters. The number of nitrogens with one attached hydrogen (secondary N) is 4. The number of anilines is 1. The third-order valence-electron chi connectivity index (χ3n) is 8.39. The Morgan fingerprint density at radius 1 is 0.894 bits per heavy atom. The number of fused-ring (bicyclic) bond motifs is 1. The predicted octanol–water partition coefficient (Wildman–Crippen LogP) is 5.43. The topological polar surface area (TPSA) is 127 Å². The number of hydrogen-bond donors (Lipinski definition) is 4. The maximum absolute atomic E-state index is 14.1. The number of morpholine rings is 1. The number of ether oxygens (including phenoxy) is 3.